The molecule has 0 fully saturated rings. The van der Waals surface area contributed by atoms with Crippen molar-refractivity contribution in [3.63, 3.8) is 0 Å². The Labute approximate surface area is 141 Å². The largest absolute Gasteiger partial charge is 0.481 e. The van der Waals surface area contributed by atoms with Crippen LogP contribution in [0.4, 0.5) is 8.78 Å². The third-order valence-corrected chi connectivity index (χ3v) is 4.98. The molecule has 4 rings (SSSR count). The molecule has 4 heterocycles. The maximum absolute atomic E-state index is 14.3. The summed E-state index contributed by atoms with van der Waals surface area (Å²) in [5.74, 6) is -4.10. The minimum Gasteiger partial charge on any atom is -0.481 e. The lowest BCUT2D eigenvalue weighted by molar-refractivity contribution is -0.137. The van der Waals surface area contributed by atoms with Crippen LogP contribution in [0.15, 0.2) is 47.1 Å². The molecule has 2 aliphatic heterocycles. The van der Waals surface area contributed by atoms with Crippen LogP contribution in [0.5, 0.6) is 0 Å². The van der Waals surface area contributed by atoms with Gasteiger partial charge >= 0.3 is 19.4 Å². The SMILES string of the molecule is O=C(O)CCC1=CC(F)(F)C2=Cc3ccc(-c4cccs4)n3[B]N12. The number of hydrogen-bond acceptors (Lipinski definition) is 3. The lowest BCUT2D eigenvalue weighted by atomic mass is 9.98. The zero-order valence-electron chi connectivity index (χ0n) is 12.4. The van der Waals surface area contributed by atoms with Crippen molar-refractivity contribution in [2.24, 2.45) is 0 Å². The summed E-state index contributed by atoms with van der Waals surface area (Å²) >= 11 is 1.57. The maximum Gasteiger partial charge on any atom is 0.401 e. The van der Waals surface area contributed by atoms with Crippen LogP contribution in [0.3, 0.4) is 0 Å². The van der Waals surface area contributed by atoms with Gasteiger partial charge in [0.1, 0.15) is 0 Å². The molecule has 1 radical (unpaired) electrons. The molecule has 24 heavy (non-hydrogen) atoms. The summed E-state index contributed by atoms with van der Waals surface area (Å²) in [6, 6.07) is 7.61. The Hall–Kier alpha value is -2.35. The number of carbonyl (C=O) groups is 1. The van der Waals surface area contributed by atoms with Crippen LogP contribution in [0.25, 0.3) is 16.6 Å². The van der Waals surface area contributed by atoms with Gasteiger partial charge in [0.15, 0.2) is 0 Å². The molecule has 0 bridgehead atoms. The van der Waals surface area contributed by atoms with Crippen molar-refractivity contribution in [3.05, 3.63) is 52.8 Å². The Balaban J connectivity index is 1.72. The van der Waals surface area contributed by atoms with Crippen molar-refractivity contribution in [2.45, 2.75) is 18.8 Å². The highest BCUT2D eigenvalue weighted by molar-refractivity contribution is 7.13. The number of carboxylic acid groups (broad SMARTS) is 1. The lowest BCUT2D eigenvalue weighted by Gasteiger charge is -2.30. The standard InChI is InChI=1S/C16H12BF2N2O2S/c18-16(19)9-11(4-6-15(22)23)21-14(16)8-10-3-5-12(20(10)17-21)13-2-1-7-24-13/h1-3,5,7-9H,4,6H2,(H,22,23). The van der Waals surface area contributed by atoms with Crippen molar-refractivity contribution in [1.29, 1.82) is 0 Å². The molecule has 0 saturated carbocycles. The first-order valence-corrected chi connectivity index (χ1v) is 8.26. The molecular formula is C16H12BF2N2O2S. The van der Waals surface area contributed by atoms with Crippen LogP contribution >= 0.6 is 11.3 Å². The topological polar surface area (TPSA) is 45.5 Å². The van der Waals surface area contributed by atoms with Gasteiger partial charge in [-0.05, 0) is 36.1 Å². The molecule has 8 heteroatoms. The average molecular weight is 345 g/mol. The van der Waals surface area contributed by atoms with Crippen molar-refractivity contribution in [1.82, 2.24) is 9.29 Å². The van der Waals surface area contributed by atoms with Gasteiger partial charge < -0.3 is 14.4 Å². The smallest absolute Gasteiger partial charge is 0.401 e. The third-order valence-electron chi connectivity index (χ3n) is 4.09. The fourth-order valence-electron chi connectivity index (χ4n) is 2.99. The number of nitrogens with zero attached hydrogens (tertiary/aromatic N) is 2. The summed E-state index contributed by atoms with van der Waals surface area (Å²) in [4.78, 5) is 13.2. The molecule has 0 spiro atoms. The maximum atomic E-state index is 14.3. The molecule has 2 aliphatic rings. The van der Waals surface area contributed by atoms with E-state index in [-0.39, 0.29) is 18.5 Å². The van der Waals surface area contributed by atoms with Gasteiger partial charge in [-0.3, -0.25) is 4.79 Å². The summed E-state index contributed by atoms with van der Waals surface area (Å²) in [7, 11) is 1.62. The van der Waals surface area contributed by atoms with Crippen LogP contribution < -0.4 is 0 Å². The first-order valence-electron chi connectivity index (χ1n) is 7.38. The number of halogens is 2. The van der Waals surface area contributed by atoms with E-state index in [0.29, 0.717) is 11.4 Å². The minimum absolute atomic E-state index is 0.0592. The summed E-state index contributed by atoms with van der Waals surface area (Å²) in [6.45, 7) is 0. The van der Waals surface area contributed by atoms with Gasteiger partial charge in [0.25, 0.3) is 0 Å². The monoisotopic (exact) mass is 345 g/mol. The molecule has 0 aromatic carbocycles. The van der Waals surface area contributed by atoms with E-state index < -0.39 is 11.9 Å². The number of carboxylic acids is 1. The quantitative estimate of drug-likeness (QED) is 0.861. The number of fused-ring (bicyclic) bond motifs is 2. The van der Waals surface area contributed by atoms with Crippen LogP contribution in [0.2, 0.25) is 0 Å². The van der Waals surface area contributed by atoms with Gasteiger partial charge in [-0.2, -0.15) is 8.78 Å². The minimum atomic E-state index is -3.09. The number of aromatic nitrogens is 1. The molecular weight excluding hydrogens is 333 g/mol. The van der Waals surface area contributed by atoms with E-state index in [1.165, 1.54) is 10.9 Å². The van der Waals surface area contributed by atoms with E-state index >= 15 is 0 Å². The van der Waals surface area contributed by atoms with E-state index in [1.54, 1.807) is 25.0 Å². The molecule has 121 valence electrons. The number of rotatable bonds is 4. The highest BCUT2D eigenvalue weighted by Gasteiger charge is 2.45. The Morgan fingerprint density at radius 2 is 2.17 bits per heavy atom. The normalized spacial score (nSPS) is 17.7. The number of thiophene rings is 1. The summed E-state index contributed by atoms with van der Waals surface area (Å²) < 4.78 is 30.4. The van der Waals surface area contributed by atoms with E-state index in [9.17, 15) is 13.6 Å². The van der Waals surface area contributed by atoms with Gasteiger partial charge in [-0.15, -0.1) is 11.3 Å². The first kappa shape index (κ1) is 15.2. The van der Waals surface area contributed by atoms with Crippen molar-refractivity contribution >= 4 is 30.9 Å². The Kier molecular flexibility index (Phi) is 3.38. The van der Waals surface area contributed by atoms with Crippen molar-refractivity contribution in [2.75, 3.05) is 0 Å². The fourth-order valence-corrected chi connectivity index (χ4v) is 3.74. The molecule has 4 nitrogen and oxygen atoms in total. The molecule has 0 atom stereocenters. The van der Waals surface area contributed by atoms with E-state index in [1.807, 2.05) is 28.1 Å². The highest BCUT2D eigenvalue weighted by atomic mass is 32.1. The Bertz CT molecular complexity index is 871. The van der Waals surface area contributed by atoms with Crippen molar-refractivity contribution in [3.8, 4) is 10.6 Å². The molecule has 0 aliphatic carbocycles. The van der Waals surface area contributed by atoms with Gasteiger partial charge in [-0.25, -0.2) is 0 Å². The Morgan fingerprint density at radius 3 is 2.88 bits per heavy atom. The van der Waals surface area contributed by atoms with Crippen LogP contribution in [-0.2, 0) is 4.79 Å². The molecule has 0 saturated heterocycles. The summed E-state index contributed by atoms with van der Waals surface area (Å²) in [6.07, 6.45) is 2.19. The highest BCUT2D eigenvalue weighted by Crippen LogP contribution is 2.43. The summed E-state index contributed by atoms with van der Waals surface area (Å²) in [5.41, 5.74) is 1.77. The van der Waals surface area contributed by atoms with E-state index in [0.717, 1.165) is 16.6 Å². The zero-order valence-corrected chi connectivity index (χ0v) is 13.3. The Morgan fingerprint density at radius 1 is 1.33 bits per heavy atom. The van der Waals surface area contributed by atoms with E-state index in [2.05, 4.69) is 0 Å². The average Bonchev–Trinajstić information content (AvgIpc) is 3.22. The first-order chi connectivity index (χ1) is 11.5. The predicted molar refractivity (Wildman–Crippen MR) is 88.6 cm³/mol. The van der Waals surface area contributed by atoms with Crippen LogP contribution in [0, 0.1) is 0 Å². The molecule has 1 N–H and O–H groups in total. The molecule has 0 amide bonds. The number of allylic oxidation sites excluding steroid dienone is 2. The second-order valence-corrected chi connectivity index (χ2v) is 6.61. The van der Waals surface area contributed by atoms with Crippen LogP contribution in [0.1, 0.15) is 18.5 Å². The van der Waals surface area contributed by atoms with Crippen LogP contribution in [-0.4, -0.2) is 33.8 Å². The van der Waals surface area contributed by atoms with Gasteiger partial charge in [-0.1, -0.05) is 6.07 Å². The third kappa shape index (κ3) is 2.38. The molecule has 0 unspecified atom stereocenters. The number of hydrogen-bond donors (Lipinski definition) is 1. The van der Waals surface area contributed by atoms with E-state index in [4.69, 9.17) is 5.11 Å². The van der Waals surface area contributed by atoms with Gasteiger partial charge in [0, 0.05) is 28.0 Å². The van der Waals surface area contributed by atoms with Crippen molar-refractivity contribution < 1.29 is 18.7 Å². The predicted octanol–water partition coefficient (Wildman–Crippen LogP) is 3.65. The van der Waals surface area contributed by atoms with Gasteiger partial charge in [0.05, 0.1) is 12.1 Å². The second-order valence-electron chi connectivity index (χ2n) is 5.66. The number of alkyl halides is 2. The molecule has 2 aromatic rings. The summed E-state index contributed by atoms with van der Waals surface area (Å²) in [5, 5.41) is 10.8. The second kappa shape index (κ2) is 5.34. The van der Waals surface area contributed by atoms with Gasteiger partial charge in [0.2, 0.25) is 0 Å². The number of aliphatic carboxylic acids is 1. The molecule has 2 aromatic heterocycles. The zero-order chi connectivity index (χ0) is 16.9. The lowest BCUT2D eigenvalue weighted by Crippen LogP contribution is -2.36. The fraction of sp³-hybridized carbons (Fsp3) is 0.188.